The maximum atomic E-state index is 12.0. The van der Waals surface area contributed by atoms with Gasteiger partial charge in [0.15, 0.2) is 0 Å². The van der Waals surface area contributed by atoms with Crippen molar-refractivity contribution in [2.24, 2.45) is 17.8 Å². The first kappa shape index (κ1) is 9.68. The van der Waals surface area contributed by atoms with Crippen LogP contribution in [0.2, 0.25) is 0 Å². The molecule has 2 bridgehead atoms. The third-order valence-electron chi connectivity index (χ3n) is 4.79. The zero-order valence-electron chi connectivity index (χ0n) is 9.37. The Balaban J connectivity index is 1.54. The summed E-state index contributed by atoms with van der Waals surface area (Å²) in [5.74, 6) is 2.47. The fourth-order valence-corrected chi connectivity index (χ4v) is 3.91. The molecule has 15 heavy (non-hydrogen) atoms. The van der Waals surface area contributed by atoms with Gasteiger partial charge >= 0.3 is 0 Å². The minimum absolute atomic E-state index is 0.351. The van der Waals surface area contributed by atoms with E-state index >= 15 is 0 Å². The molecule has 3 rings (SSSR count). The Hall–Kier alpha value is -0.530. The van der Waals surface area contributed by atoms with Gasteiger partial charge in [-0.25, -0.2) is 0 Å². The summed E-state index contributed by atoms with van der Waals surface area (Å²) in [6.07, 6.45) is 10.2. The summed E-state index contributed by atoms with van der Waals surface area (Å²) >= 11 is 0. The van der Waals surface area contributed by atoms with Gasteiger partial charge in [-0.15, -0.1) is 0 Å². The lowest BCUT2D eigenvalue weighted by Crippen LogP contribution is -2.41. The Morgan fingerprint density at radius 3 is 2.40 bits per heavy atom. The number of hydrogen-bond acceptors (Lipinski definition) is 1. The van der Waals surface area contributed by atoms with Crippen molar-refractivity contribution in [2.75, 3.05) is 0 Å². The number of amides is 1. The van der Waals surface area contributed by atoms with E-state index in [-0.39, 0.29) is 0 Å². The Labute approximate surface area is 91.8 Å². The smallest absolute Gasteiger partial charge is 0.223 e. The molecule has 0 saturated heterocycles. The van der Waals surface area contributed by atoms with E-state index in [1.165, 1.54) is 38.5 Å². The van der Waals surface area contributed by atoms with E-state index in [9.17, 15) is 4.79 Å². The van der Waals surface area contributed by atoms with Crippen molar-refractivity contribution in [1.82, 2.24) is 5.32 Å². The molecule has 2 heteroatoms. The third-order valence-corrected chi connectivity index (χ3v) is 4.79. The van der Waals surface area contributed by atoms with Gasteiger partial charge in [-0.05, 0) is 43.9 Å². The Kier molecular flexibility index (Phi) is 2.45. The Morgan fingerprint density at radius 2 is 1.80 bits per heavy atom. The van der Waals surface area contributed by atoms with Crippen LogP contribution < -0.4 is 5.32 Å². The summed E-state index contributed by atoms with van der Waals surface area (Å²) in [5, 5.41) is 3.31. The summed E-state index contributed by atoms with van der Waals surface area (Å²) < 4.78 is 0. The molecule has 3 aliphatic carbocycles. The van der Waals surface area contributed by atoms with Crippen LogP contribution in [0, 0.1) is 17.8 Å². The molecule has 0 aromatic heterocycles. The van der Waals surface area contributed by atoms with E-state index in [4.69, 9.17) is 0 Å². The summed E-state index contributed by atoms with van der Waals surface area (Å²) in [6.45, 7) is 0. The minimum atomic E-state index is 0.351. The molecule has 0 aromatic carbocycles. The number of nitrogens with one attached hydrogen (secondary N) is 1. The fourth-order valence-electron chi connectivity index (χ4n) is 3.91. The van der Waals surface area contributed by atoms with Gasteiger partial charge in [0.05, 0.1) is 0 Å². The Morgan fingerprint density at radius 1 is 1.00 bits per heavy atom. The van der Waals surface area contributed by atoms with Crippen LogP contribution in [0.3, 0.4) is 0 Å². The van der Waals surface area contributed by atoms with E-state index in [0.717, 1.165) is 24.7 Å². The number of carbonyl (C=O) groups excluding carboxylic acids is 1. The van der Waals surface area contributed by atoms with E-state index in [1.54, 1.807) is 0 Å². The van der Waals surface area contributed by atoms with Gasteiger partial charge in [0, 0.05) is 12.0 Å². The summed E-state index contributed by atoms with van der Waals surface area (Å²) in [6, 6.07) is 0.539. The highest BCUT2D eigenvalue weighted by Gasteiger charge is 2.40. The van der Waals surface area contributed by atoms with Crippen LogP contribution in [0.4, 0.5) is 0 Å². The second-order valence-electron chi connectivity index (χ2n) is 5.77. The van der Waals surface area contributed by atoms with Crippen molar-refractivity contribution in [3.05, 3.63) is 0 Å². The van der Waals surface area contributed by atoms with Crippen molar-refractivity contribution < 1.29 is 4.79 Å². The molecule has 3 saturated carbocycles. The summed E-state index contributed by atoms with van der Waals surface area (Å²) in [4.78, 5) is 12.0. The quantitative estimate of drug-likeness (QED) is 0.740. The van der Waals surface area contributed by atoms with Gasteiger partial charge < -0.3 is 5.32 Å². The third kappa shape index (κ3) is 1.79. The minimum Gasteiger partial charge on any atom is -0.353 e. The fraction of sp³-hybridized carbons (Fsp3) is 0.923. The van der Waals surface area contributed by atoms with Gasteiger partial charge in [-0.1, -0.05) is 19.3 Å². The zero-order chi connectivity index (χ0) is 10.3. The molecule has 1 amide bonds. The molecule has 0 heterocycles. The van der Waals surface area contributed by atoms with Gasteiger partial charge in [0.1, 0.15) is 0 Å². The standard InChI is InChI=1S/C13H21NO/c15-13(10-3-1-2-4-10)14-12-8-9-5-6-11(12)7-9/h9-12H,1-8H2,(H,14,15). The van der Waals surface area contributed by atoms with E-state index in [0.29, 0.717) is 17.9 Å². The maximum absolute atomic E-state index is 12.0. The molecule has 1 N–H and O–H groups in total. The largest absolute Gasteiger partial charge is 0.353 e. The topological polar surface area (TPSA) is 29.1 Å². The van der Waals surface area contributed by atoms with Gasteiger partial charge in [-0.2, -0.15) is 0 Å². The second kappa shape index (κ2) is 3.80. The first-order chi connectivity index (χ1) is 7.33. The highest BCUT2D eigenvalue weighted by atomic mass is 16.1. The number of rotatable bonds is 2. The molecular formula is C13H21NO. The van der Waals surface area contributed by atoms with Crippen molar-refractivity contribution in [3.8, 4) is 0 Å². The molecule has 2 nitrogen and oxygen atoms in total. The normalized spacial score (nSPS) is 39.9. The molecule has 0 radical (unpaired) electrons. The summed E-state index contributed by atoms with van der Waals surface area (Å²) in [7, 11) is 0. The van der Waals surface area contributed by atoms with Crippen LogP contribution >= 0.6 is 0 Å². The highest BCUT2D eigenvalue weighted by Crippen LogP contribution is 2.44. The predicted octanol–water partition coefficient (Wildman–Crippen LogP) is 2.48. The average molecular weight is 207 g/mol. The molecule has 84 valence electrons. The second-order valence-corrected chi connectivity index (χ2v) is 5.77. The predicted molar refractivity (Wildman–Crippen MR) is 59.3 cm³/mol. The highest BCUT2D eigenvalue weighted by molar-refractivity contribution is 5.79. The molecule has 3 atom stereocenters. The molecule has 0 aliphatic heterocycles. The van der Waals surface area contributed by atoms with Crippen LogP contribution in [0.1, 0.15) is 51.4 Å². The molecule has 3 fully saturated rings. The summed E-state index contributed by atoms with van der Waals surface area (Å²) in [5.41, 5.74) is 0. The van der Waals surface area contributed by atoms with Crippen molar-refractivity contribution >= 4 is 5.91 Å². The maximum Gasteiger partial charge on any atom is 0.223 e. The van der Waals surface area contributed by atoms with E-state index < -0.39 is 0 Å². The first-order valence-electron chi connectivity index (χ1n) is 6.63. The van der Waals surface area contributed by atoms with Gasteiger partial charge in [0.25, 0.3) is 0 Å². The first-order valence-corrected chi connectivity index (χ1v) is 6.63. The zero-order valence-corrected chi connectivity index (χ0v) is 9.37. The van der Waals surface area contributed by atoms with Crippen LogP contribution in [0.15, 0.2) is 0 Å². The van der Waals surface area contributed by atoms with Crippen LogP contribution in [-0.2, 0) is 4.79 Å². The Bertz CT molecular complexity index is 257. The number of fused-ring (bicyclic) bond motifs is 2. The van der Waals surface area contributed by atoms with Crippen molar-refractivity contribution in [3.63, 3.8) is 0 Å². The molecule has 0 aromatic rings. The van der Waals surface area contributed by atoms with E-state index in [1.807, 2.05) is 0 Å². The van der Waals surface area contributed by atoms with Crippen LogP contribution in [0.25, 0.3) is 0 Å². The van der Waals surface area contributed by atoms with Crippen molar-refractivity contribution in [1.29, 1.82) is 0 Å². The average Bonchev–Trinajstić information content (AvgIpc) is 2.95. The molecule has 0 spiro atoms. The number of hydrogen-bond donors (Lipinski definition) is 1. The lowest BCUT2D eigenvalue weighted by Gasteiger charge is -2.24. The molecular weight excluding hydrogens is 186 g/mol. The number of carbonyl (C=O) groups is 1. The SMILES string of the molecule is O=C(NC1CC2CCC1C2)C1CCCC1. The van der Waals surface area contributed by atoms with Crippen LogP contribution in [-0.4, -0.2) is 11.9 Å². The van der Waals surface area contributed by atoms with E-state index in [2.05, 4.69) is 5.32 Å². The molecule has 3 unspecified atom stereocenters. The van der Waals surface area contributed by atoms with Crippen molar-refractivity contribution in [2.45, 2.75) is 57.4 Å². The lowest BCUT2D eigenvalue weighted by atomic mass is 9.94. The lowest BCUT2D eigenvalue weighted by molar-refractivity contribution is -0.125. The van der Waals surface area contributed by atoms with Gasteiger partial charge in [-0.3, -0.25) is 4.79 Å². The van der Waals surface area contributed by atoms with Gasteiger partial charge in [0.2, 0.25) is 5.91 Å². The monoisotopic (exact) mass is 207 g/mol. The van der Waals surface area contributed by atoms with Crippen LogP contribution in [0.5, 0.6) is 0 Å². The molecule has 3 aliphatic rings.